The molecule has 23 heavy (non-hydrogen) atoms. The molecule has 1 aliphatic rings. The van der Waals surface area contributed by atoms with Gasteiger partial charge in [-0.1, -0.05) is 30.3 Å². The van der Waals surface area contributed by atoms with Crippen LogP contribution in [0.1, 0.15) is 18.1 Å². The average Bonchev–Trinajstić information content (AvgIpc) is 2.70. The van der Waals surface area contributed by atoms with Crippen molar-refractivity contribution in [2.24, 2.45) is 4.99 Å². The van der Waals surface area contributed by atoms with E-state index in [9.17, 15) is 14.9 Å². The topological polar surface area (TPSA) is 75.8 Å². The second kappa shape index (κ2) is 6.00. The lowest BCUT2D eigenvalue weighted by Crippen LogP contribution is -2.32. The molecule has 116 valence electrons. The lowest BCUT2D eigenvalue weighted by Gasteiger charge is -2.21. The molecule has 0 saturated heterocycles. The molecule has 1 amide bonds. The van der Waals surface area contributed by atoms with E-state index in [-0.39, 0.29) is 18.1 Å². The number of fused-ring (bicyclic) bond motifs is 1. The van der Waals surface area contributed by atoms with E-state index in [0.717, 1.165) is 5.56 Å². The maximum Gasteiger partial charge on any atom is 0.270 e. The van der Waals surface area contributed by atoms with Crippen LogP contribution < -0.4 is 4.90 Å². The number of non-ortho nitro benzene ring substituents is 1. The molecule has 6 nitrogen and oxygen atoms in total. The highest BCUT2D eigenvalue weighted by Gasteiger charge is 2.25. The molecule has 0 saturated carbocycles. The third kappa shape index (κ3) is 2.70. The molecule has 0 fully saturated rings. The zero-order chi connectivity index (χ0) is 16.4. The molecule has 1 aliphatic heterocycles. The normalized spacial score (nSPS) is 14.0. The van der Waals surface area contributed by atoms with Crippen LogP contribution >= 0.6 is 0 Å². The van der Waals surface area contributed by atoms with Crippen molar-refractivity contribution in [3.63, 3.8) is 0 Å². The number of benzodiazepines with no additional fused rings is 1. The molecule has 0 N–H and O–H groups in total. The number of amides is 1. The van der Waals surface area contributed by atoms with Crippen molar-refractivity contribution in [1.82, 2.24) is 0 Å². The van der Waals surface area contributed by atoms with Crippen LogP contribution in [0.3, 0.4) is 0 Å². The number of hydrogen-bond acceptors (Lipinski definition) is 4. The van der Waals surface area contributed by atoms with Crippen LogP contribution in [0.2, 0.25) is 0 Å². The van der Waals surface area contributed by atoms with E-state index in [1.54, 1.807) is 11.0 Å². The van der Waals surface area contributed by atoms with Crippen molar-refractivity contribution in [1.29, 1.82) is 0 Å². The fraction of sp³-hybridized carbons (Fsp3) is 0.176. The van der Waals surface area contributed by atoms with Gasteiger partial charge in [-0.05, 0) is 13.0 Å². The summed E-state index contributed by atoms with van der Waals surface area (Å²) in [5.41, 5.74) is 2.69. The van der Waals surface area contributed by atoms with Crippen LogP contribution in [0.4, 0.5) is 11.4 Å². The number of aliphatic imine (C=N–C) groups is 1. The highest BCUT2D eigenvalue weighted by molar-refractivity contribution is 6.19. The van der Waals surface area contributed by atoms with Gasteiger partial charge in [0.25, 0.3) is 5.69 Å². The third-order valence-electron chi connectivity index (χ3n) is 3.77. The highest BCUT2D eigenvalue weighted by atomic mass is 16.6. The van der Waals surface area contributed by atoms with Crippen molar-refractivity contribution < 1.29 is 9.72 Å². The molecule has 1 heterocycles. The molecule has 0 spiro atoms. The first kappa shape index (κ1) is 14.9. The summed E-state index contributed by atoms with van der Waals surface area (Å²) in [7, 11) is 0. The Labute approximate surface area is 133 Å². The molecule has 2 aromatic carbocycles. The fourth-order valence-corrected chi connectivity index (χ4v) is 2.70. The molecule has 0 bridgehead atoms. The summed E-state index contributed by atoms with van der Waals surface area (Å²) in [5, 5.41) is 11.1. The molecule has 2 aromatic rings. The summed E-state index contributed by atoms with van der Waals surface area (Å²) in [6, 6.07) is 13.9. The first-order valence-corrected chi connectivity index (χ1v) is 7.31. The first-order chi connectivity index (χ1) is 11.1. The van der Waals surface area contributed by atoms with Gasteiger partial charge in [-0.2, -0.15) is 0 Å². The molecular weight excluding hydrogens is 294 g/mol. The van der Waals surface area contributed by atoms with Gasteiger partial charge in [0, 0.05) is 29.8 Å². The van der Waals surface area contributed by atoms with Crippen LogP contribution in [0.15, 0.2) is 53.5 Å². The molecule has 0 radical (unpaired) electrons. The second-order valence-corrected chi connectivity index (χ2v) is 5.13. The van der Waals surface area contributed by atoms with Crippen LogP contribution in [0.25, 0.3) is 0 Å². The number of likely N-dealkylation sites (N-methyl/N-ethyl adjacent to an activating group) is 1. The summed E-state index contributed by atoms with van der Waals surface area (Å²) >= 11 is 0. The number of anilines is 1. The molecule has 0 atom stereocenters. The Hall–Kier alpha value is -3.02. The van der Waals surface area contributed by atoms with Crippen molar-refractivity contribution in [3.05, 3.63) is 69.8 Å². The number of nitro benzene ring substituents is 1. The summed E-state index contributed by atoms with van der Waals surface area (Å²) in [6.45, 7) is 2.39. The van der Waals surface area contributed by atoms with E-state index in [0.29, 0.717) is 23.5 Å². The minimum Gasteiger partial charge on any atom is -0.310 e. The van der Waals surface area contributed by atoms with Gasteiger partial charge in [0.1, 0.15) is 6.54 Å². The second-order valence-electron chi connectivity index (χ2n) is 5.13. The van der Waals surface area contributed by atoms with Crippen molar-refractivity contribution >= 4 is 23.0 Å². The van der Waals surface area contributed by atoms with Crippen molar-refractivity contribution in [2.45, 2.75) is 6.92 Å². The van der Waals surface area contributed by atoms with Gasteiger partial charge in [0.2, 0.25) is 5.91 Å². The van der Waals surface area contributed by atoms with Crippen LogP contribution in [0, 0.1) is 10.1 Å². The van der Waals surface area contributed by atoms with Crippen LogP contribution in [-0.4, -0.2) is 29.6 Å². The Balaban J connectivity index is 2.24. The monoisotopic (exact) mass is 309 g/mol. The van der Waals surface area contributed by atoms with E-state index in [4.69, 9.17) is 0 Å². The zero-order valence-electron chi connectivity index (χ0n) is 12.6. The smallest absolute Gasteiger partial charge is 0.270 e. The zero-order valence-corrected chi connectivity index (χ0v) is 12.6. The van der Waals surface area contributed by atoms with Crippen LogP contribution in [-0.2, 0) is 4.79 Å². The lowest BCUT2D eigenvalue weighted by molar-refractivity contribution is -0.384. The Morgan fingerprint density at radius 1 is 1.22 bits per heavy atom. The Bertz CT molecular complexity index is 800. The highest BCUT2D eigenvalue weighted by Crippen LogP contribution is 2.30. The fourth-order valence-electron chi connectivity index (χ4n) is 2.70. The minimum atomic E-state index is -0.439. The molecule has 3 rings (SSSR count). The largest absolute Gasteiger partial charge is 0.310 e. The molecule has 0 aliphatic carbocycles. The number of nitrogens with zero attached hydrogens (tertiary/aromatic N) is 3. The number of nitro groups is 1. The average molecular weight is 309 g/mol. The Morgan fingerprint density at radius 3 is 2.61 bits per heavy atom. The van der Waals surface area contributed by atoms with E-state index >= 15 is 0 Å². The van der Waals surface area contributed by atoms with Gasteiger partial charge in [0.05, 0.1) is 16.3 Å². The lowest BCUT2D eigenvalue weighted by atomic mass is 9.99. The van der Waals surface area contributed by atoms with Gasteiger partial charge < -0.3 is 4.90 Å². The summed E-state index contributed by atoms with van der Waals surface area (Å²) in [4.78, 5) is 29.0. The summed E-state index contributed by atoms with van der Waals surface area (Å²) < 4.78 is 0. The Morgan fingerprint density at radius 2 is 1.96 bits per heavy atom. The van der Waals surface area contributed by atoms with Gasteiger partial charge in [-0.15, -0.1) is 0 Å². The maximum atomic E-state index is 12.3. The quantitative estimate of drug-likeness (QED) is 0.646. The molecule has 6 heteroatoms. The predicted octanol–water partition coefficient (Wildman–Crippen LogP) is 2.80. The van der Waals surface area contributed by atoms with Gasteiger partial charge >= 0.3 is 0 Å². The molecule has 0 unspecified atom stereocenters. The number of hydrogen-bond donors (Lipinski definition) is 0. The SMILES string of the molecule is CCN1C(=O)CN=C(c2ccccc2)c2cc([N+](=O)[O-])ccc21. The van der Waals surface area contributed by atoms with E-state index in [1.807, 2.05) is 37.3 Å². The summed E-state index contributed by atoms with van der Waals surface area (Å²) in [5.74, 6) is -0.117. The van der Waals surface area contributed by atoms with E-state index < -0.39 is 4.92 Å². The number of benzene rings is 2. The van der Waals surface area contributed by atoms with Crippen molar-refractivity contribution in [2.75, 3.05) is 18.0 Å². The van der Waals surface area contributed by atoms with Gasteiger partial charge in [-0.25, -0.2) is 0 Å². The number of carbonyl (C=O) groups excluding carboxylic acids is 1. The van der Waals surface area contributed by atoms with Crippen LogP contribution in [0.5, 0.6) is 0 Å². The molecule has 0 aromatic heterocycles. The van der Waals surface area contributed by atoms with Gasteiger partial charge in [-0.3, -0.25) is 19.9 Å². The predicted molar refractivity (Wildman–Crippen MR) is 88.1 cm³/mol. The maximum absolute atomic E-state index is 12.3. The van der Waals surface area contributed by atoms with Crippen molar-refractivity contribution in [3.8, 4) is 0 Å². The van der Waals surface area contributed by atoms with Gasteiger partial charge in [0.15, 0.2) is 0 Å². The van der Waals surface area contributed by atoms with E-state index in [2.05, 4.69) is 4.99 Å². The number of rotatable bonds is 3. The standard InChI is InChI=1S/C17H15N3O3/c1-2-19-15-9-8-13(20(22)23)10-14(15)17(18-11-16(19)21)12-6-4-3-5-7-12/h3-10H,2,11H2,1H3. The Kier molecular flexibility index (Phi) is 3.89. The van der Waals surface area contributed by atoms with E-state index in [1.165, 1.54) is 12.1 Å². The summed E-state index contributed by atoms with van der Waals surface area (Å²) in [6.07, 6.45) is 0. The number of carbonyl (C=O) groups is 1. The molecular formula is C17H15N3O3. The first-order valence-electron chi connectivity index (χ1n) is 7.31. The third-order valence-corrected chi connectivity index (χ3v) is 3.77. The minimum absolute atomic E-state index is 0.0159.